The summed E-state index contributed by atoms with van der Waals surface area (Å²) in [5, 5.41) is 3.34. The number of hydrogen-bond donors (Lipinski definition) is 1. The molecule has 3 nitrogen and oxygen atoms in total. The zero-order valence-electron chi connectivity index (χ0n) is 14.6. The highest BCUT2D eigenvalue weighted by molar-refractivity contribution is 5.43. The molecule has 0 aliphatic carbocycles. The van der Waals surface area contributed by atoms with Gasteiger partial charge in [-0.05, 0) is 63.1 Å². The van der Waals surface area contributed by atoms with Gasteiger partial charge < -0.3 is 14.8 Å². The number of ether oxygens (including phenoxy) is 2. The minimum Gasteiger partial charge on any atom is -0.490 e. The first-order chi connectivity index (χ1) is 11.6. The van der Waals surface area contributed by atoms with Crippen LogP contribution >= 0.6 is 0 Å². The maximum absolute atomic E-state index is 13.6. The van der Waals surface area contributed by atoms with E-state index in [1.165, 1.54) is 6.07 Å². The van der Waals surface area contributed by atoms with Crippen LogP contribution in [0.15, 0.2) is 42.5 Å². The Kier molecular flexibility index (Phi) is 7.07. The minimum atomic E-state index is -0.145. The van der Waals surface area contributed by atoms with E-state index in [1.807, 2.05) is 51.1 Å². The lowest BCUT2D eigenvalue weighted by Crippen LogP contribution is -2.17. The van der Waals surface area contributed by atoms with Crippen molar-refractivity contribution < 1.29 is 13.9 Å². The predicted molar refractivity (Wildman–Crippen MR) is 95.2 cm³/mol. The topological polar surface area (TPSA) is 30.5 Å². The van der Waals surface area contributed by atoms with Crippen LogP contribution in [-0.4, -0.2) is 19.3 Å². The van der Waals surface area contributed by atoms with Crippen LogP contribution in [0.4, 0.5) is 4.39 Å². The van der Waals surface area contributed by atoms with Crippen molar-refractivity contribution in [3.8, 4) is 11.5 Å². The largest absolute Gasteiger partial charge is 0.490 e. The van der Waals surface area contributed by atoms with E-state index in [2.05, 4.69) is 5.32 Å². The molecule has 2 aromatic carbocycles. The maximum atomic E-state index is 13.6. The Morgan fingerprint density at radius 1 is 1.08 bits per heavy atom. The maximum Gasteiger partial charge on any atom is 0.161 e. The lowest BCUT2D eigenvalue weighted by molar-refractivity contribution is 0.223. The van der Waals surface area contributed by atoms with Crippen LogP contribution in [-0.2, 0) is 13.0 Å². The van der Waals surface area contributed by atoms with Crippen LogP contribution in [0, 0.1) is 5.82 Å². The number of rotatable bonds is 9. The molecule has 0 aliphatic heterocycles. The summed E-state index contributed by atoms with van der Waals surface area (Å²) in [6.45, 7) is 7.96. The van der Waals surface area contributed by atoms with Crippen molar-refractivity contribution >= 4 is 0 Å². The van der Waals surface area contributed by atoms with Crippen molar-refractivity contribution in [3.63, 3.8) is 0 Å². The van der Waals surface area contributed by atoms with Crippen LogP contribution in [0.3, 0.4) is 0 Å². The zero-order chi connectivity index (χ0) is 17.4. The second-order valence-electron chi connectivity index (χ2n) is 5.90. The van der Waals surface area contributed by atoms with Crippen LogP contribution in [0.1, 0.15) is 31.9 Å². The summed E-state index contributed by atoms with van der Waals surface area (Å²) in [4.78, 5) is 0. The number of halogens is 1. The van der Waals surface area contributed by atoms with Gasteiger partial charge in [0, 0.05) is 6.54 Å². The van der Waals surface area contributed by atoms with Crippen LogP contribution in [0.2, 0.25) is 0 Å². The molecular weight excluding hydrogens is 305 g/mol. The molecule has 4 heteroatoms. The van der Waals surface area contributed by atoms with Crippen molar-refractivity contribution in [2.24, 2.45) is 0 Å². The van der Waals surface area contributed by atoms with Gasteiger partial charge in [0.15, 0.2) is 11.5 Å². The molecular formula is C20H26FNO2. The molecule has 0 fully saturated rings. The van der Waals surface area contributed by atoms with E-state index < -0.39 is 0 Å². The number of hydrogen-bond acceptors (Lipinski definition) is 3. The molecule has 0 aliphatic rings. The summed E-state index contributed by atoms with van der Waals surface area (Å²) in [5.41, 5.74) is 1.85. The van der Waals surface area contributed by atoms with Crippen LogP contribution in [0.25, 0.3) is 0 Å². The fourth-order valence-electron chi connectivity index (χ4n) is 2.44. The molecule has 0 radical (unpaired) electrons. The fraction of sp³-hybridized carbons (Fsp3) is 0.400. The summed E-state index contributed by atoms with van der Waals surface area (Å²) in [6, 6.07) is 12.9. The Labute approximate surface area is 143 Å². The second-order valence-corrected chi connectivity index (χ2v) is 5.90. The van der Waals surface area contributed by atoms with Gasteiger partial charge in [-0.1, -0.05) is 24.3 Å². The summed E-state index contributed by atoms with van der Waals surface area (Å²) in [5.74, 6) is 1.38. The van der Waals surface area contributed by atoms with Crippen molar-refractivity contribution in [1.82, 2.24) is 5.32 Å². The lowest BCUT2D eigenvalue weighted by Gasteiger charge is -2.15. The SMILES string of the molecule is CCOc1cc(CNCCc2ccccc2F)ccc1OC(C)C. The van der Waals surface area contributed by atoms with E-state index in [0.717, 1.165) is 29.2 Å². The molecule has 0 unspecified atom stereocenters. The molecule has 130 valence electrons. The first kappa shape index (κ1) is 18.3. The summed E-state index contributed by atoms with van der Waals surface area (Å²) >= 11 is 0. The molecule has 2 aromatic rings. The molecule has 0 heterocycles. The van der Waals surface area contributed by atoms with Gasteiger partial charge in [0.2, 0.25) is 0 Å². The monoisotopic (exact) mass is 331 g/mol. The van der Waals surface area contributed by atoms with E-state index >= 15 is 0 Å². The molecule has 0 aromatic heterocycles. The average molecular weight is 331 g/mol. The molecule has 24 heavy (non-hydrogen) atoms. The van der Waals surface area contributed by atoms with Gasteiger partial charge in [-0.25, -0.2) is 4.39 Å². The first-order valence-electron chi connectivity index (χ1n) is 8.46. The minimum absolute atomic E-state index is 0.106. The third kappa shape index (κ3) is 5.53. The fourth-order valence-corrected chi connectivity index (χ4v) is 2.44. The summed E-state index contributed by atoms with van der Waals surface area (Å²) < 4.78 is 25.0. The molecule has 1 N–H and O–H groups in total. The quantitative estimate of drug-likeness (QED) is 0.693. The molecule has 0 saturated carbocycles. The van der Waals surface area contributed by atoms with E-state index in [9.17, 15) is 4.39 Å². The smallest absolute Gasteiger partial charge is 0.161 e. The third-order valence-electron chi connectivity index (χ3n) is 3.53. The van der Waals surface area contributed by atoms with E-state index in [1.54, 1.807) is 6.07 Å². The van der Waals surface area contributed by atoms with Gasteiger partial charge in [0.25, 0.3) is 0 Å². The Hall–Kier alpha value is -2.07. The van der Waals surface area contributed by atoms with Gasteiger partial charge in [0.1, 0.15) is 5.82 Å². The van der Waals surface area contributed by atoms with Crippen LogP contribution in [0.5, 0.6) is 11.5 Å². The molecule has 2 rings (SSSR count). The van der Waals surface area contributed by atoms with Crippen molar-refractivity contribution in [2.45, 2.75) is 39.8 Å². The zero-order valence-corrected chi connectivity index (χ0v) is 14.6. The summed E-state index contributed by atoms with van der Waals surface area (Å²) in [6.07, 6.45) is 0.772. The normalized spacial score (nSPS) is 10.9. The molecule has 0 atom stereocenters. The van der Waals surface area contributed by atoms with Crippen molar-refractivity contribution in [2.75, 3.05) is 13.2 Å². The van der Waals surface area contributed by atoms with E-state index in [0.29, 0.717) is 19.6 Å². The Bertz CT molecular complexity index is 643. The van der Waals surface area contributed by atoms with Crippen LogP contribution < -0.4 is 14.8 Å². The van der Waals surface area contributed by atoms with E-state index in [4.69, 9.17) is 9.47 Å². The lowest BCUT2D eigenvalue weighted by atomic mass is 10.1. The second kappa shape index (κ2) is 9.28. The number of benzene rings is 2. The predicted octanol–water partition coefficient (Wildman–Crippen LogP) is 4.34. The Morgan fingerprint density at radius 3 is 2.58 bits per heavy atom. The first-order valence-corrected chi connectivity index (χ1v) is 8.46. The van der Waals surface area contributed by atoms with E-state index in [-0.39, 0.29) is 11.9 Å². The van der Waals surface area contributed by atoms with Gasteiger partial charge in [-0.3, -0.25) is 0 Å². The highest BCUT2D eigenvalue weighted by Gasteiger charge is 2.08. The highest BCUT2D eigenvalue weighted by Crippen LogP contribution is 2.29. The summed E-state index contributed by atoms with van der Waals surface area (Å²) in [7, 11) is 0. The highest BCUT2D eigenvalue weighted by atomic mass is 19.1. The average Bonchev–Trinajstić information content (AvgIpc) is 2.55. The molecule has 0 saturated heterocycles. The Morgan fingerprint density at radius 2 is 1.88 bits per heavy atom. The molecule has 0 amide bonds. The number of nitrogens with one attached hydrogen (secondary N) is 1. The molecule has 0 spiro atoms. The third-order valence-corrected chi connectivity index (χ3v) is 3.53. The standard InChI is InChI=1S/C20H26FNO2/c1-4-23-20-13-16(9-10-19(20)24-15(2)3)14-22-12-11-17-7-5-6-8-18(17)21/h5-10,13,15,22H,4,11-12,14H2,1-3H3. The van der Waals surface area contributed by atoms with Gasteiger partial charge in [-0.2, -0.15) is 0 Å². The van der Waals surface area contributed by atoms with Gasteiger partial charge >= 0.3 is 0 Å². The van der Waals surface area contributed by atoms with Gasteiger partial charge in [-0.15, -0.1) is 0 Å². The van der Waals surface area contributed by atoms with Gasteiger partial charge in [0.05, 0.1) is 12.7 Å². The van der Waals surface area contributed by atoms with Crippen molar-refractivity contribution in [3.05, 3.63) is 59.4 Å². The van der Waals surface area contributed by atoms with Crippen molar-refractivity contribution in [1.29, 1.82) is 0 Å². The Balaban J connectivity index is 1.90. The molecule has 0 bridgehead atoms.